The smallest absolute Gasteiger partial charge is 0.109 e. The fourth-order valence-corrected chi connectivity index (χ4v) is 3.23. The highest BCUT2D eigenvalue weighted by atomic mass is 32.2. The van der Waals surface area contributed by atoms with Gasteiger partial charge in [-0.2, -0.15) is 11.8 Å². The number of nitrogens with zero attached hydrogens (tertiary/aromatic N) is 2. The lowest BCUT2D eigenvalue weighted by atomic mass is 10.2. The van der Waals surface area contributed by atoms with E-state index >= 15 is 0 Å². The van der Waals surface area contributed by atoms with E-state index in [4.69, 9.17) is 10.7 Å². The van der Waals surface area contributed by atoms with Gasteiger partial charge in [-0.15, -0.1) is 0 Å². The van der Waals surface area contributed by atoms with E-state index in [1.165, 1.54) is 23.4 Å². The third-order valence-corrected chi connectivity index (χ3v) is 4.36. The number of nitrogen functional groups attached to an aromatic ring is 1. The molecular formula is C15H23N3S. The zero-order valence-electron chi connectivity index (χ0n) is 12.0. The third kappa shape index (κ3) is 3.06. The highest BCUT2D eigenvalue weighted by Gasteiger charge is 2.14. The quantitative estimate of drug-likeness (QED) is 0.643. The molecule has 2 N–H and O–H groups in total. The van der Waals surface area contributed by atoms with E-state index in [-0.39, 0.29) is 0 Å². The molecule has 0 saturated heterocycles. The van der Waals surface area contributed by atoms with Crippen molar-refractivity contribution in [3.05, 3.63) is 24.0 Å². The van der Waals surface area contributed by atoms with Gasteiger partial charge in [-0.1, -0.05) is 13.8 Å². The van der Waals surface area contributed by atoms with Crippen molar-refractivity contribution in [1.82, 2.24) is 9.55 Å². The van der Waals surface area contributed by atoms with Gasteiger partial charge in [-0.25, -0.2) is 4.98 Å². The number of aryl methyl sites for hydroxylation is 1. The lowest BCUT2D eigenvalue weighted by molar-refractivity contribution is 0.528. The minimum atomic E-state index is 0.489. The molecule has 19 heavy (non-hydrogen) atoms. The fourth-order valence-electron chi connectivity index (χ4n) is 2.43. The lowest BCUT2D eigenvalue weighted by Crippen LogP contribution is -2.10. The SMILES string of the molecule is CCSCCC(C)n1c(CC)nc2cc(N)ccc21. The Morgan fingerprint density at radius 3 is 2.84 bits per heavy atom. The van der Waals surface area contributed by atoms with Crippen LogP contribution in [-0.2, 0) is 6.42 Å². The molecule has 1 atom stereocenters. The molecule has 2 rings (SSSR count). The second kappa shape index (κ2) is 6.33. The molecule has 0 saturated carbocycles. The predicted molar refractivity (Wildman–Crippen MR) is 85.9 cm³/mol. The summed E-state index contributed by atoms with van der Waals surface area (Å²) in [5, 5.41) is 0. The summed E-state index contributed by atoms with van der Waals surface area (Å²) in [6.07, 6.45) is 2.14. The molecule has 0 aliphatic heterocycles. The van der Waals surface area contributed by atoms with Crippen molar-refractivity contribution < 1.29 is 0 Å². The van der Waals surface area contributed by atoms with Gasteiger partial charge in [0, 0.05) is 18.2 Å². The molecule has 2 aromatic rings. The molecule has 1 heterocycles. The number of hydrogen-bond acceptors (Lipinski definition) is 3. The average molecular weight is 277 g/mol. The van der Waals surface area contributed by atoms with Gasteiger partial charge >= 0.3 is 0 Å². The summed E-state index contributed by atoms with van der Waals surface area (Å²) in [6, 6.07) is 6.52. The van der Waals surface area contributed by atoms with Crippen LogP contribution in [0.4, 0.5) is 5.69 Å². The fraction of sp³-hybridized carbons (Fsp3) is 0.533. The average Bonchev–Trinajstić information content (AvgIpc) is 2.76. The number of imidazole rings is 1. The minimum absolute atomic E-state index is 0.489. The Morgan fingerprint density at radius 2 is 2.16 bits per heavy atom. The van der Waals surface area contributed by atoms with Crippen molar-refractivity contribution in [3.8, 4) is 0 Å². The summed E-state index contributed by atoms with van der Waals surface area (Å²) in [4.78, 5) is 4.72. The zero-order valence-corrected chi connectivity index (χ0v) is 12.8. The second-order valence-electron chi connectivity index (χ2n) is 4.83. The molecule has 3 nitrogen and oxygen atoms in total. The van der Waals surface area contributed by atoms with E-state index in [9.17, 15) is 0 Å². The number of thioether (sulfide) groups is 1. The van der Waals surface area contributed by atoms with Crippen LogP contribution in [0.2, 0.25) is 0 Å². The second-order valence-corrected chi connectivity index (χ2v) is 6.23. The Balaban J connectivity index is 2.34. The Hall–Kier alpha value is -1.16. The molecule has 0 aliphatic rings. The standard InChI is InChI=1S/C15H23N3S/c1-4-15-17-13-10-12(16)6-7-14(13)18(15)11(3)8-9-19-5-2/h6-7,10-11H,4-5,8-9,16H2,1-3H3. The van der Waals surface area contributed by atoms with Crippen molar-refractivity contribution in [2.75, 3.05) is 17.2 Å². The summed E-state index contributed by atoms with van der Waals surface area (Å²) < 4.78 is 2.38. The van der Waals surface area contributed by atoms with Gasteiger partial charge < -0.3 is 10.3 Å². The van der Waals surface area contributed by atoms with Crippen molar-refractivity contribution in [2.45, 2.75) is 39.7 Å². The van der Waals surface area contributed by atoms with Crippen molar-refractivity contribution in [2.24, 2.45) is 0 Å². The first-order valence-corrected chi connectivity index (χ1v) is 8.16. The number of nitrogens with two attached hydrogens (primary N) is 1. The van der Waals surface area contributed by atoms with E-state index in [2.05, 4.69) is 31.4 Å². The Morgan fingerprint density at radius 1 is 1.37 bits per heavy atom. The molecule has 104 valence electrons. The van der Waals surface area contributed by atoms with Crippen LogP contribution in [0.1, 0.15) is 39.1 Å². The maximum absolute atomic E-state index is 5.85. The summed E-state index contributed by atoms with van der Waals surface area (Å²) in [6.45, 7) is 6.66. The first kappa shape index (κ1) is 14.3. The van der Waals surface area contributed by atoms with Crippen molar-refractivity contribution in [3.63, 3.8) is 0 Å². The summed E-state index contributed by atoms with van der Waals surface area (Å²) >= 11 is 2.00. The van der Waals surface area contributed by atoms with Gasteiger partial charge in [0.25, 0.3) is 0 Å². The predicted octanol–water partition coefficient (Wildman–Crippen LogP) is 3.89. The summed E-state index contributed by atoms with van der Waals surface area (Å²) in [5.74, 6) is 3.55. The maximum Gasteiger partial charge on any atom is 0.109 e. The van der Waals surface area contributed by atoms with Gasteiger partial charge in [0.2, 0.25) is 0 Å². The molecule has 0 amide bonds. The van der Waals surface area contributed by atoms with Crippen LogP contribution >= 0.6 is 11.8 Å². The number of fused-ring (bicyclic) bond motifs is 1. The molecule has 0 spiro atoms. The van der Waals surface area contributed by atoms with Crippen LogP contribution in [0.5, 0.6) is 0 Å². The van der Waals surface area contributed by atoms with Gasteiger partial charge in [0.05, 0.1) is 11.0 Å². The molecule has 1 aromatic heterocycles. The Kier molecular flexibility index (Phi) is 4.75. The molecular weight excluding hydrogens is 254 g/mol. The largest absolute Gasteiger partial charge is 0.399 e. The highest BCUT2D eigenvalue weighted by Crippen LogP contribution is 2.26. The van der Waals surface area contributed by atoms with Crippen LogP contribution in [0.3, 0.4) is 0 Å². The van der Waals surface area contributed by atoms with Crippen molar-refractivity contribution >= 4 is 28.5 Å². The first-order chi connectivity index (χ1) is 9.17. The minimum Gasteiger partial charge on any atom is -0.399 e. The van der Waals surface area contributed by atoms with Crippen LogP contribution in [0.25, 0.3) is 11.0 Å². The van der Waals surface area contributed by atoms with E-state index in [1.54, 1.807) is 0 Å². The zero-order chi connectivity index (χ0) is 13.8. The third-order valence-electron chi connectivity index (χ3n) is 3.43. The van der Waals surface area contributed by atoms with Crippen LogP contribution < -0.4 is 5.73 Å². The van der Waals surface area contributed by atoms with Gasteiger partial charge in [-0.3, -0.25) is 0 Å². The number of benzene rings is 1. The van der Waals surface area contributed by atoms with E-state index in [1.807, 2.05) is 23.9 Å². The van der Waals surface area contributed by atoms with Gasteiger partial charge in [0.1, 0.15) is 5.82 Å². The van der Waals surface area contributed by atoms with E-state index in [0.717, 1.165) is 23.4 Å². The Labute approximate surface area is 119 Å². The first-order valence-electron chi connectivity index (χ1n) is 7.01. The summed E-state index contributed by atoms with van der Waals surface area (Å²) in [5.41, 5.74) is 8.86. The normalized spacial score (nSPS) is 13.0. The van der Waals surface area contributed by atoms with E-state index < -0.39 is 0 Å². The molecule has 0 fully saturated rings. The highest BCUT2D eigenvalue weighted by molar-refractivity contribution is 7.99. The molecule has 0 aliphatic carbocycles. The maximum atomic E-state index is 5.85. The summed E-state index contributed by atoms with van der Waals surface area (Å²) in [7, 11) is 0. The van der Waals surface area contributed by atoms with E-state index in [0.29, 0.717) is 6.04 Å². The molecule has 0 radical (unpaired) electrons. The van der Waals surface area contributed by atoms with Gasteiger partial charge in [0.15, 0.2) is 0 Å². The monoisotopic (exact) mass is 277 g/mol. The van der Waals surface area contributed by atoms with Crippen LogP contribution in [0.15, 0.2) is 18.2 Å². The number of rotatable bonds is 6. The molecule has 4 heteroatoms. The Bertz CT molecular complexity index is 548. The van der Waals surface area contributed by atoms with Gasteiger partial charge in [-0.05, 0) is 43.0 Å². The number of hydrogen-bond donors (Lipinski definition) is 1. The topological polar surface area (TPSA) is 43.8 Å². The molecule has 0 bridgehead atoms. The lowest BCUT2D eigenvalue weighted by Gasteiger charge is -2.17. The number of anilines is 1. The molecule has 1 aromatic carbocycles. The van der Waals surface area contributed by atoms with Crippen molar-refractivity contribution in [1.29, 1.82) is 0 Å². The number of aromatic nitrogens is 2. The molecule has 1 unspecified atom stereocenters. The van der Waals surface area contributed by atoms with Crippen LogP contribution in [-0.4, -0.2) is 21.1 Å². The van der Waals surface area contributed by atoms with Crippen LogP contribution in [0, 0.1) is 0 Å².